The molecule has 0 aliphatic carbocycles. The van der Waals surface area contributed by atoms with Gasteiger partial charge < -0.3 is 14.9 Å². The van der Waals surface area contributed by atoms with Crippen molar-refractivity contribution < 1.29 is 45.1 Å². The number of alkyl halides is 4. The molecule has 1 saturated heterocycles. The number of nitrogens with one attached hydrogen (secondary N) is 2. The van der Waals surface area contributed by atoms with Crippen molar-refractivity contribution in [1.82, 2.24) is 20.2 Å². The van der Waals surface area contributed by atoms with Crippen molar-refractivity contribution in [3.63, 3.8) is 0 Å². The van der Waals surface area contributed by atoms with E-state index in [2.05, 4.69) is 20.0 Å². The summed E-state index contributed by atoms with van der Waals surface area (Å²) in [5, 5.41) is 7.88. The summed E-state index contributed by atoms with van der Waals surface area (Å²) in [5.74, 6) is -2.94. The molecule has 0 unspecified atom stereocenters. The third kappa shape index (κ3) is 7.32. The van der Waals surface area contributed by atoms with Crippen molar-refractivity contribution in [1.29, 1.82) is 0 Å². The summed E-state index contributed by atoms with van der Waals surface area (Å²) in [6, 6.07) is 13.5. The van der Waals surface area contributed by atoms with E-state index in [0.29, 0.717) is 37.2 Å². The van der Waals surface area contributed by atoms with Crippen LogP contribution in [0.3, 0.4) is 0 Å². The van der Waals surface area contributed by atoms with Crippen molar-refractivity contribution in [2.24, 2.45) is 0 Å². The van der Waals surface area contributed by atoms with Crippen molar-refractivity contribution in [2.75, 3.05) is 18.4 Å². The number of hydrogen-bond donors (Lipinski definition) is 2. The molecule has 0 saturated carbocycles. The summed E-state index contributed by atoms with van der Waals surface area (Å²) in [4.78, 5) is 28.2. The van der Waals surface area contributed by atoms with Crippen LogP contribution >= 0.6 is 22.9 Å². The van der Waals surface area contributed by atoms with Crippen LogP contribution < -0.4 is 14.8 Å². The molecule has 1 aliphatic rings. The summed E-state index contributed by atoms with van der Waals surface area (Å²) in [6.07, 6.45) is -7.41. The maximum absolute atomic E-state index is 13.9. The minimum atomic E-state index is -5.30. The van der Waals surface area contributed by atoms with Gasteiger partial charge in [0.15, 0.2) is 5.82 Å². The lowest BCUT2D eigenvalue weighted by Crippen LogP contribution is -2.45. The molecule has 1 aliphatic heterocycles. The molecule has 11 nitrogen and oxygen atoms in total. The first kappa shape index (κ1) is 32.5. The Morgan fingerprint density at radius 2 is 1.87 bits per heavy atom. The highest BCUT2D eigenvalue weighted by molar-refractivity contribution is 7.94. The van der Waals surface area contributed by atoms with E-state index in [4.69, 9.17) is 16.3 Å². The number of carbonyl (C=O) groups is 2. The quantitative estimate of drug-likeness (QED) is 0.230. The molecule has 2 aromatic heterocycles. The van der Waals surface area contributed by atoms with Gasteiger partial charge in [-0.15, -0.1) is 16.4 Å². The molecule has 5 rings (SSSR count). The number of aromatic nitrogens is 2. The molecule has 1 fully saturated rings. The van der Waals surface area contributed by atoms with Gasteiger partial charge in [-0.25, -0.2) is 17.6 Å². The normalized spacial score (nSPS) is 17.4. The zero-order chi connectivity index (χ0) is 32.5. The standard InChI is InChI=1S/C27H24ClF4N5O6S2/c1-42-20-7-3-6-18-23(20)24(35-45(40,41)22-9-8-21(28)44-22)34-36(18)13-16-5-2-4-15(10-16)12-33-25(38)19-11-17(29)14-37(19)43-26(39)27(30,31)32/h2-10,17,19H,11-14H2,1H3,(H,33,38)(H,34,35)/t17-,19-/m0/s1. The summed E-state index contributed by atoms with van der Waals surface area (Å²) in [7, 11) is -2.57. The molecular weight excluding hydrogens is 666 g/mol. The maximum Gasteiger partial charge on any atom is 0.492 e. The summed E-state index contributed by atoms with van der Waals surface area (Å²) in [5.41, 5.74) is 1.86. The lowest BCUT2D eigenvalue weighted by atomic mass is 10.1. The van der Waals surface area contributed by atoms with Crippen LogP contribution in [0.4, 0.5) is 23.4 Å². The van der Waals surface area contributed by atoms with Crippen LogP contribution in [-0.2, 0) is 37.5 Å². The lowest BCUT2D eigenvalue weighted by Gasteiger charge is -2.22. The fourth-order valence-electron chi connectivity index (χ4n) is 4.75. The highest BCUT2D eigenvalue weighted by atomic mass is 35.5. The SMILES string of the molecule is COc1cccc2c1c(NS(=O)(=O)c1ccc(Cl)s1)nn2Cc1cccc(CNC(=O)[C@@H]2C[C@H](F)CN2OC(=O)C(F)(F)F)c1. The average Bonchev–Trinajstić information content (AvgIpc) is 3.68. The Morgan fingerprint density at radius 3 is 2.56 bits per heavy atom. The number of sulfonamides is 1. The van der Waals surface area contributed by atoms with Gasteiger partial charge in [-0.2, -0.15) is 18.3 Å². The Hall–Kier alpha value is -3.93. The van der Waals surface area contributed by atoms with Crippen molar-refractivity contribution in [2.45, 2.75) is 42.1 Å². The van der Waals surface area contributed by atoms with Gasteiger partial charge >= 0.3 is 12.1 Å². The number of benzene rings is 2. The van der Waals surface area contributed by atoms with E-state index < -0.39 is 53.3 Å². The number of carbonyl (C=O) groups excluding carboxylic acids is 2. The second kappa shape index (κ2) is 12.8. The van der Waals surface area contributed by atoms with Gasteiger partial charge in [-0.05, 0) is 35.4 Å². The smallest absolute Gasteiger partial charge is 0.492 e. The zero-order valence-electron chi connectivity index (χ0n) is 23.2. The van der Waals surface area contributed by atoms with E-state index in [9.17, 15) is 35.6 Å². The van der Waals surface area contributed by atoms with Crippen LogP contribution in [0.1, 0.15) is 17.5 Å². The Balaban J connectivity index is 1.32. The van der Waals surface area contributed by atoms with Gasteiger partial charge in [-0.3, -0.25) is 14.2 Å². The number of fused-ring (bicyclic) bond motifs is 1. The van der Waals surface area contributed by atoms with E-state index in [0.717, 1.165) is 11.3 Å². The molecule has 240 valence electrons. The highest BCUT2D eigenvalue weighted by Gasteiger charge is 2.47. The zero-order valence-corrected chi connectivity index (χ0v) is 25.6. The molecule has 2 aromatic carbocycles. The van der Waals surface area contributed by atoms with E-state index >= 15 is 0 Å². The van der Waals surface area contributed by atoms with Gasteiger partial charge in [0, 0.05) is 13.0 Å². The topological polar surface area (TPSA) is 132 Å². The number of anilines is 1. The summed E-state index contributed by atoms with van der Waals surface area (Å²) < 4.78 is 87.7. The van der Waals surface area contributed by atoms with Gasteiger partial charge in [-0.1, -0.05) is 41.9 Å². The molecule has 0 radical (unpaired) electrons. The van der Waals surface area contributed by atoms with Crippen LogP contribution in [0.5, 0.6) is 5.75 Å². The lowest BCUT2D eigenvalue weighted by molar-refractivity contribution is -0.240. The largest absolute Gasteiger partial charge is 0.496 e. The molecule has 0 bridgehead atoms. The first-order chi connectivity index (χ1) is 21.2. The molecule has 18 heteroatoms. The van der Waals surface area contributed by atoms with Crippen molar-refractivity contribution in [3.05, 3.63) is 70.1 Å². The summed E-state index contributed by atoms with van der Waals surface area (Å²) in [6.45, 7) is -0.564. The highest BCUT2D eigenvalue weighted by Crippen LogP contribution is 2.35. The molecule has 0 spiro atoms. The van der Waals surface area contributed by atoms with Crippen LogP contribution in [-0.4, -0.2) is 67.2 Å². The van der Waals surface area contributed by atoms with Crippen LogP contribution in [0.15, 0.2) is 58.8 Å². The number of ether oxygens (including phenoxy) is 1. The number of hydroxylamine groups is 2. The Morgan fingerprint density at radius 1 is 1.13 bits per heavy atom. The second-order valence-corrected chi connectivity index (χ2v) is 13.5. The number of methoxy groups -OCH3 is 1. The Kier molecular flexibility index (Phi) is 9.25. The molecule has 2 atom stereocenters. The van der Waals surface area contributed by atoms with Gasteiger partial charge in [0.25, 0.3) is 10.0 Å². The maximum atomic E-state index is 13.9. The van der Waals surface area contributed by atoms with Crippen molar-refractivity contribution in [3.8, 4) is 5.75 Å². The predicted octanol–water partition coefficient (Wildman–Crippen LogP) is 4.66. The number of halogens is 5. The van der Waals surface area contributed by atoms with Gasteiger partial charge in [0.2, 0.25) is 5.91 Å². The van der Waals surface area contributed by atoms with Crippen molar-refractivity contribution >= 4 is 61.6 Å². The van der Waals surface area contributed by atoms with E-state index in [1.165, 1.54) is 19.2 Å². The Labute approximate surface area is 262 Å². The molecular formula is C27H24ClF4N5O6S2. The monoisotopic (exact) mass is 689 g/mol. The number of rotatable bonds is 10. The van der Waals surface area contributed by atoms with Gasteiger partial charge in [0.1, 0.15) is 22.2 Å². The third-order valence-electron chi connectivity index (χ3n) is 6.73. The molecule has 45 heavy (non-hydrogen) atoms. The molecule has 2 N–H and O–H groups in total. The van der Waals surface area contributed by atoms with Crippen LogP contribution in [0.25, 0.3) is 10.9 Å². The van der Waals surface area contributed by atoms with Crippen LogP contribution in [0, 0.1) is 0 Å². The first-order valence-electron chi connectivity index (χ1n) is 13.1. The molecule has 3 heterocycles. The average molecular weight is 690 g/mol. The summed E-state index contributed by atoms with van der Waals surface area (Å²) >= 11 is 6.82. The Bertz CT molecular complexity index is 1850. The van der Waals surface area contributed by atoms with Crippen LogP contribution in [0.2, 0.25) is 4.34 Å². The number of hydrogen-bond acceptors (Lipinski definition) is 9. The minimum Gasteiger partial charge on any atom is -0.496 e. The third-order valence-corrected chi connectivity index (χ3v) is 9.80. The van der Waals surface area contributed by atoms with E-state index in [-0.39, 0.29) is 23.1 Å². The van der Waals surface area contributed by atoms with Gasteiger partial charge in [0.05, 0.1) is 35.4 Å². The first-order valence-corrected chi connectivity index (χ1v) is 15.8. The molecule has 1 amide bonds. The fraction of sp³-hybridized carbons (Fsp3) is 0.296. The minimum absolute atomic E-state index is 0.00104. The van der Waals surface area contributed by atoms with E-state index in [1.54, 1.807) is 47.1 Å². The number of amides is 1. The predicted molar refractivity (Wildman–Crippen MR) is 156 cm³/mol. The van der Waals surface area contributed by atoms with E-state index in [1.807, 2.05) is 0 Å². The molecule has 4 aromatic rings. The number of thiophene rings is 1. The second-order valence-electron chi connectivity index (χ2n) is 9.89. The number of nitrogens with zero attached hydrogens (tertiary/aromatic N) is 3. The fourth-order valence-corrected chi connectivity index (χ4v) is 7.24.